The van der Waals surface area contributed by atoms with Gasteiger partial charge in [-0.25, -0.2) is 4.79 Å². The van der Waals surface area contributed by atoms with Crippen molar-refractivity contribution in [2.45, 2.75) is 64.0 Å². The van der Waals surface area contributed by atoms with Crippen LogP contribution in [0.25, 0.3) is 10.9 Å². The van der Waals surface area contributed by atoms with Crippen LogP contribution >= 0.6 is 0 Å². The summed E-state index contributed by atoms with van der Waals surface area (Å²) in [7, 11) is 0. The third-order valence-corrected chi connectivity index (χ3v) is 8.69. The highest BCUT2D eigenvalue weighted by molar-refractivity contribution is 6.08. The van der Waals surface area contributed by atoms with E-state index >= 15 is 0 Å². The van der Waals surface area contributed by atoms with Gasteiger partial charge in [0, 0.05) is 29.6 Å². The minimum Gasteiger partial charge on any atom is -0.508 e. The highest BCUT2D eigenvalue weighted by atomic mass is 16.5. The quantitative estimate of drug-likeness (QED) is 0.410. The number of phenolic OH excluding ortho intramolecular Hbond substituents is 1. The van der Waals surface area contributed by atoms with Crippen LogP contribution in [-0.2, 0) is 11.2 Å². The predicted molar refractivity (Wildman–Crippen MR) is 150 cm³/mol. The maximum absolute atomic E-state index is 14.1. The zero-order valence-electron chi connectivity index (χ0n) is 22.9. The van der Waals surface area contributed by atoms with Crippen LogP contribution in [0.2, 0.25) is 0 Å². The van der Waals surface area contributed by atoms with Crippen LogP contribution in [0.5, 0.6) is 11.5 Å². The number of benzene rings is 2. The second kappa shape index (κ2) is 10.2. The number of H-pyrrole nitrogens is 1. The first-order valence-corrected chi connectivity index (χ1v) is 14.3. The lowest BCUT2D eigenvalue weighted by atomic mass is 9.81. The van der Waals surface area contributed by atoms with E-state index < -0.39 is 11.6 Å². The second-order valence-electron chi connectivity index (χ2n) is 11.3. The Morgan fingerprint density at radius 3 is 2.59 bits per heavy atom. The third kappa shape index (κ3) is 4.44. The topological polar surface area (TPSA) is 89.1 Å². The minimum atomic E-state index is -1.03. The maximum atomic E-state index is 14.1. The Kier molecular flexibility index (Phi) is 6.75. The number of carbonyl (C=O) groups is 2. The summed E-state index contributed by atoms with van der Waals surface area (Å²) in [6.45, 7) is 7.91. The van der Waals surface area contributed by atoms with Crippen LogP contribution in [0, 0.1) is 0 Å². The molecule has 0 bridgehead atoms. The Bertz CT molecular complexity index is 1390. The molecule has 6 rings (SSSR count). The molecule has 2 atom stereocenters. The number of aromatic hydroxyl groups is 1. The Balaban J connectivity index is 1.37. The van der Waals surface area contributed by atoms with Gasteiger partial charge in [0.2, 0.25) is 0 Å². The van der Waals surface area contributed by atoms with E-state index in [1.807, 2.05) is 38.1 Å². The second-order valence-corrected chi connectivity index (χ2v) is 11.3. The average Bonchev–Trinajstić information content (AvgIpc) is 3.19. The molecule has 0 saturated carbocycles. The monoisotopic (exact) mass is 530 g/mol. The lowest BCUT2D eigenvalue weighted by molar-refractivity contribution is -0.133. The number of nitrogens with zero attached hydrogens (tertiary/aromatic N) is 3. The van der Waals surface area contributed by atoms with E-state index in [0.717, 1.165) is 59.5 Å². The Hall–Kier alpha value is -3.52. The number of nitrogens with one attached hydrogen (secondary N) is 1. The van der Waals surface area contributed by atoms with Crippen molar-refractivity contribution >= 4 is 22.8 Å². The first-order chi connectivity index (χ1) is 18.9. The fourth-order valence-corrected chi connectivity index (χ4v) is 6.80. The van der Waals surface area contributed by atoms with Crippen LogP contribution < -0.4 is 4.74 Å². The van der Waals surface area contributed by atoms with E-state index in [0.29, 0.717) is 19.6 Å². The Labute approximate surface area is 229 Å². The molecule has 2 saturated heterocycles. The summed E-state index contributed by atoms with van der Waals surface area (Å²) in [5.41, 5.74) is 2.58. The molecule has 3 aliphatic rings. The molecule has 3 aromatic rings. The van der Waals surface area contributed by atoms with Crippen LogP contribution in [0.15, 0.2) is 42.5 Å². The molecule has 4 heterocycles. The lowest BCUT2D eigenvalue weighted by Gasteiger charge is -2.42. The molecule has 2 aromatic carbocycles. The van der Waals surface area contributed by atoms with E-state index in [-0.39, 0.29) is 17.7 Å². The minimum absolute atomic E-state index is 0.128. The zero-order valence-corrected chi connectivity index (χ0v) is 22.9. The van der Waals surface area contributed by atoms with Gasteiger partial charge >= 0.3 is 6.03 Å². The summed E-state index contributed by atoms with van der Waals surface area (Å²) in [5, 5.41) is 11.4. The number of hydrogen-bond donors (Lipinski definition) is 2. The molecule has 2 unspecified atom stereocenters. The van der Waals surface area contributed by atoms with Gasteiger partial charge in [0.25, 0.3) is 5.91 Å². The number of amides is 3. The molecule has 2 N–H and O–H groups in total. The number of aromatic nitrogens is 1. The van der Waals surface area contributed by atoms with Gasteiger partial charge in [-0.15, -0.1) is 0 Å². The number of hydrogen-bond acceptors (Lipinski definition) is 5. The van der Waals surface area contributed by atoms with Crippen molar-refractivity contribution in [1.29, 1.82) is 0 Å². The molecular weight excluding hydrogens is 492 g/mol. The number of phenols is 1. The molecule has 3 amide bonds. The number of fused-ring (bicyclic) bond motifs is 4. The SMILES string of the molecule is CCOc1ccc2[nH]c3c(c2c1)CC1(C)C(=O)N(CCCN2CCCCCC2)C(=O)N1C3c1cccc(O)c1. The van der Waals surface area contributed by atoms with Crippen LogP contribution in [0.4, 0.5) is 4.79 Å². The summed E-state index contributed by atoms with van der Waals surface area (Å²) < 4.78 is 5.78. The van der Waals surface area contributed by atoms with Gasteiger partial charge in [-0.2, -0.15) is 0 Å². The fraction of sp³-hybridized carbons (Fsp3) is 0.484. The molecule has 8 nitrogen and oxygen atoms in total. The van der Waals surface area contributed by atoms with E-state index in [4.69, 9.17) is 4.74 Å². The third-order valence-electron chi connectivity index (χ3n) is 8.69. The van der Waals surface area contributed by atoms with Gasteiger partial charge in [-0.3, -0.25) is 14.6 Å². The van der Waals surface area contributed by atoms with Gasteiger partial charge < -0.3 is 19.7 Å². The van der Waals surface area contributed by atoms with Gasteiger partial charge in [0.05, 0.1) is 6.61 Å². The molecule has 39 heavy (non-hydrogen) atoms. The summed E-state index contributed by atoms with van der Waals surface area (Å²) in [4.78, 5) is 37.3. The van der Waals surface area contributed by atoms with Crippen molar-refractivity contribution < 1.29 is 19.4 Å². The van der Waals surface area contributed by atoms with E-state index in [1.54, 1.807) is 23.1 Å². The normalized spacial score (nSPS) is 23.7. The van der Waals surface area contributed by atoms with Gasteiger partial charge in [-0.1, -0.05) is 25.0 Å². The Morgan fingerprint density at radius 1 is 1.05 bits per heavy atom. The number of likely N-dealkylation sites (tertiary alicyclic amines) is 1. The first-order valence-electron chi connectivity index (χ1n) is 14.3. The molecule has 2 fully saturated rings. The van der Waals surface area contributed by atoms with Crippen molar-refractivity contribution in [3.05, 3.63) is 59.3 Å². The number of rotatable bonds is 7. The van der Waals surface area contributed by atoms with Crippen LogP contribution in [0.1, 0.15) is 68.8 Å². The molecule has 3 aliphatic heterocycles. The molecule has 1 aromatic heterocycles. The summed E-state index contributed by atoms with van der Waals surface area (Å²) >= 11 is 0. The van der Waals surface area contributed by atoms with Crippen LogP contribution in [0.3, 0.4) is 0 Å². The van der Waals surface area contributed by atoms with Gasteiger partial charge in [-0.05, 0) is 94.2 Å². The van der Waals surface area contributed by atoms with E-state index in [9.17, 15) is 14.7 Å². The highest BCUT2D eigenvalue weighted by Crippen LogP contribution is 2.49. The van der Waals surface area contributed by atoms with Crippen molar-refractivity contribution in [2.24, 2.45) is 0 Å². The molecule has 206 valence electrons. The number of urea groups is 1. The molecule has 0 spiro atoms. The molecule has 0 radical (unpaired) electrons. The highest BCUT2D eigenvalue weighted by Gasteiger charge is 2.60. The molecular formula is C31H38N4O4. The summed E-state index contributed by atoms with van der Waals surface area (Å²) in [6.07, 6.45) is 6.19. The predicted octanol–water partition coefficient (Wildman–Crippen LogP) is 5.21. The van der Waals surface area contributed by atoms with Crippen molar-refractivity contribution in [1.82, 2.24) is 19.7 Å². The maximum Gasteiger partial charge on any atom is 0.328 e. The number of aromatic amines is 1. The Morgan fingerprint density at radius 2 is 1.85 bits per heavy atom. The fourth-order valence-electron chi connectivity index (χ4n) is 6.80. The lowest BCUT2D eigenvalue weighted by Crippen LogP contribution is -2.53. The van der Waals surface area contributed by atoms with Gasteiger partial charge in [0.15, 0.2) is 0 Å². The standard InChI is InChI=1S/C31H38N4O4/c1-3-39-23-12-13-26-24(19-23)25-20-31(2)29(37)34(17-9-16-33-14-6-4-5-7-15-33)30(38)35(31)28(27(25)32-26)21-10-8-11-22(36)18-21/h8,10-13,18-19,28,32,36H,3-7,9,14-17,20H2,1-2H3. The largest absolute Gasteiger partial charge is 0.508 e. The zero-order chi connectivity index (χ0) is 27.1. The smallest absolute Gasteiger partial charge is 0.328 e. The van der Waals surface area contributed by atoms with Gasteiger partial charge in [0.1, 0.15) is 23.1 Å². The van der Waals surface area contributed by atoms with Crippen molar-refractivity contribution in [3.8, 4) is 11.5 Å². The van der Waals surface area contributed by atoms with E-state index in [2.05, 4.69) is 9.88 Å². The molecule has 0 aliphatic carbocycles. The molecule has 8 heteroatoms. The first kappa shape index (κ1) is 25.7. The number of carbonyl (C=O) groups excluding carboxylic acids is 2. The summed E-state index contributed by atoms with van der Waals surface area (Å²) in [6, 6.07) is 12.2. The number of imide groups is 1. The number of ether oxygens (including phenoxy) is 1. The van der Waals surface area contributed by atoms with E-state index in [1.165, 1.54) is 30.6 Å². The van der Waals surface area contributed by atoms with Crippen molar-refractivity contribution in [3.63, 3.8) is 0 Å². The van der Waals surface area contributed by atoms with Crippen LogP contribution in [-0.4, -0.2) is 75.1 Å². The summed E-state index contributed by atoms with van der Waals surface area (Å²) in [5.74, 6) is 0.759. The van der Waals surface area contributed by atoms with Crippen molar-refractivity contribution in [2.75, 3.05) is 32.8 Å². The average molecular weight is 531 g/mol.